The van der Waals surface area contributed by atoms with Crippen LogP contribution >= 0.6 is 11.3 Å². The highest BCUT2D eigenvalue weighted by Gasteiger charge is 2.40. The fourth-order valence-corrected chi connectivity index (χ4v) is 5.91. The van der Waals surface area contributed by atoms with E-state index in [-0.39, 0.29) is 16.0 Å². The maximum absolute atomic E-state index is 13.8. The Balaban J connectivity index is 2.19. The third-order valence-corrected chi connectivity index (χ3v) is 7.55. The molecule has 0 spiro atoms. The van der Waals surface area contributed by atoms with Gasteiger partial charge in [0.2, 0.25) is 0 Å². The number of thiophene rings is 1. The van der Waals surface area contributed by atoms with E-state index in [1.807, 2.05) is 34.6 Å². The van der Waals surface area contributed by atoms with E-state index in [0.717, 1.165) is 53.1 Å². The van der Waals surface area contributed by atoms with E-state index in [1.165, 1.54) is 5.57 Å². The highest BCUT2D eigenvalue weighted by atomic mass is 32.1. The smallest absolute Gasteiger partial charge is 0.340 e. The van der Waals surface area contributed by atoms with Crippen LogP contribution in [0.4, 0.5) is 5.00 Å². The van der Waals surface area contributed by atoms with E-state index in [2.05, 4.69) is 19.9 Å². The van der Waals surface area contributed by atoms with Crippen molar-refractivity contribution in [3.05, 3.63) is 27.3 Å². The Bertz CT molecular complexity index is 840. The van der Waals surface area contributed by atoms with Gasteiger partial charge in [-0.25, -0.2) is 4.79 Å². The summed E-state index contributed by atoms with van der Waals surface area (Å²) in [6.07, 6.45) is 6.30. The molecule has 0 saturated carbocycles. The summed E-state index contributed by atoms with van der Waals surface area (Å²) in [5.41, 5.74) is 2.75. The van der Waals surface area contributed by atoms with E-state index < -0.39 is 11.7 Å². The Morgan fingerprint density at radius 1 is 1.29 bits per heavy atom. The van der Waals surface area contributed by atoms with Crippen molar-refractivity contribution >= 4 is 27.9 Å². The molecule has 1 fully saturated rings. The molecule has 31 heavy (non-hydrogen) atoms. The highest BCUT2D eigenvalue weighted by Crippen LogP contribution is 2.51. The number of nitrogens with zero attached hydrogens (tertiary/aromatic N) is 1. The molecule has 1 saturated heterocycles. The van der Waals surface area contributed by atoms with E-state index >= 15 is 0 Å². The minimum absolute atomic E-state index is 0.259. The van der Waals surface area contributed by atoms with Gasteiger partial charge in [0.25, 0.3) is 0 Å². The number of rotatable bonds is 6. The lowest BCUT2D eigenvalue weighted by Gasteiger charge is -2.38. The van der Waals surface area contributed by atoms with Gasteiger partial charge in [-0.05, 0) is 64.9 Å². The number of hydroxylamine groups is 2. The van der Waals surface area contributed by atoms with Gasteiger partial charge in [-0.15, -0.1) is 0 Å². The summed E-state index contributed by atoms with van der Waals surface area (Å²) in [6, 6.07) is 0. The van der Waals surface area contributed by atoms with Gasteiger partial charge in [-0.2, -0.15) is 0 Å². The molecular formula is C25H39NO4S. The lowest BCUT2D eigenvalue weighted by molar-refractivity contribution is -0.166. The number of allylic oxidation sites excluding steroid dienone is 2. The van der Waals surface area contributed by atoms with Crippen LogP contribution < -0.4 is 4.65 Å². The number of quaternary nitrogens is 1. The molecule has 1 atom stereocenters. The Kier molecular flexibility index (Phi) is 7.07. The molecule has 1 aliphatic carbocycles. The highest BCUT2D eigenvalue weighted by molar-refractivity contribution is 7.16. The number of carbonyl (C=O) groups is 1. The molecule has 1 unspecified atom stereocenters. The summed E-state index contributed by atoms with van der Waals surface area (Å²) >= 11 is 1.55. The largest absolute Gasteiger partial charge is 0.627 e. The topological polar surface area (TPSA) is 58.6 Å². The molecule has 6 heteroatoms. The van der Waals surface area contributed by atoms with Crippen LogP contribution in [0.5, 0.6) is 0 Å². The van der Waals surface area contributed by atoms with E-state index in [9.17, 15) is 10.0 Å². The number of aryl methyl sites for hydroxylation is 1. The van der Waals surface area contributed by atoms with Crippen LogP contribution in [0.2, 0.25) is 0 Å². The number of hydrogen-bond donors (Lipinski definition) is 0. The van der Waals surface area contributed by atoms with Crippen molar-refractivity contribution in [1.82, 2.24) is 4.65 Å². The second-order valence-electron chi connectivity index (χ2n) is 10.8. The van der Waals surface area contributed by atoms with E-state index in [4.69, 9.17) is 9.47 Å². The average molecular weight is 450 g/mol. The Hall–Kier alpha value is -1.21. The minimum atomic E-state index is -0.829. The number of ether oxygens (including phenoxy) is 2. The molecule has 2 aliphatic rings. The number of esters is 1. The SMILES string of the molecule is CCOC(=O)C(OC(C)(C)C)c1c(C)sc([N+]2([O-])CCCC2)c1C1=CCC(C)(C)CC1. The van der Waals surface area contributed by atoms with E-state index in [1.54, 1.807) is 11.3 Å². The van der Waals surface area contributed by atoms with Gasteiger partial charge in [-0.3, -0.25) is 0 Å². The third kappa shape index (κ3) is 5.41. The normalized spacial score (nSPS) is 21.6. The molecule has 0 N–H and O–H groups in total. The van der Waals surface area contributed by atoms with Crippen LogP contribution in [0.25, 0.3) is 5.57 Å². The molecule has 1 aromatic heterocycles. The summed E-state index contributed by atoms with van der Waals surface area (Å²) in [6.45, 7) is 15.8. The molecule has 0 amide bonds. The van der Waals surface area contributed by atoms with Crippen LogP contribution in [-0.2, 0) is 14.3 Å². The number of hydrogen-bond acceptors (Lipinski definition) is 5. The van der Waals surface area contributed by atoms with Crippen LogP contribution in [0.3, 0.4) is 0 Å². The number of carbonyl (C=O) groups excluding carboxylic acids is 1. The van der Waals surface area contributed by atoms with Gasteiger partial charge >= 0.3 is 5.97 Å². The van der Waals surface area contributed by atoms with Crippen molar-refractivity contribution in [3.8, 4) is 0 Å². The van der Waals surface area contributed by atoms with E-state index in [0.29, 0.717) is 19.7 Å². The Labute approximate surface area is 191 Å². The van der Waals surface area contributed by atoms with Gasteiger partial charge in [-0.1, -0.05) is 31.3 Å². The summed E-state index contributed by atoms with van der Waals surface area (Å²) < 4.78 is 11.4. The van der Waals surface area contributed by atoms with Crippen molar-refractivity contribution in [3.63, 3.8) is 0 Å². The first kappa shape index (κ1) is 24.4. The third-order valence-electron chi connectivity index (χ3n) is 6.30. The average Bonchev–Trinajstić information content (AvgIpc) is 3.24. The van der Waals surface area contributed by atoms with Gasteiger partial charge in [0.05, 0.1) is 30.9 Å². The molecule has 5 nitrogen and oxygen atoms in total. The summed E-state index contributed by atoms with van der Waals surface area (Å²) in [5, 5.41) is 14.7. The fraction of sp³-hybridized carbons (Fsp3) is 0.720. The quantitative estimate of drug-likeness (QED) is 0.276. The zero-order valence-corrected chi connectivity index (χ0v) is 21.1. The first-order chi connectivity index (χ1) is 14.4. The second-order valence-corrected chi connectivity index (χ2v) is 12.0. The van der Waals surface area contributed by atoms with Crippen LogP contribution in [0.1, 0.15) is 95.8 Å². The van der Waals surface area contributed by atoms with Gasteiger partial charge in [0.15, 0.2) is 11.1 Å². The zero-order valence-electron chi connectivity index (χ0n) is 20.3. The zero-order chi connectivity index (χ0) is 23.0. The summed E-state index contributed by atoms with van der Waals surface area (Å²) in [7, 11) is 0. The molecule has 0 radical (unpaired) electrons. The Morgan fingerprint density at radius 3 is 2.45 bits per heavy atom. The van der Waals surface area contributed by atoms with Crippen LogP contribution in [0, 0.1) is 17.5 Å². The van der Waals surface area contributed by atoms with Crippen molar-refractivity contribution < 1.29 is 14.3 Å². The van der Waals surface area contributed by atoms with Crippen LogP contribution in [0.15, 0.2) is 6.08 Å². The molecule has 1 aromatic rings. The van der Waals surface area contributed by atoms with Gasteiger partial charge < -0.3 is 19.3 Å². The molecule has 0 bridgehead atoms. The predicted molar refractivity (Wildman–Crippen MR) is 129 cm³/mol. The summed E-state index contributed by atoms with van der Waals surface area (Å²) in [4.78, 5) is 14.1. The van der Waals surface area contributed by atoms with Crippen LogP contribution in [-0.4, -0.2) is 31.3 Å². The maximum Gasteiger partial charge on any atom is 0.340 e. The van der Waals surface area contributed by atoms with Crippen molar-refractivity contribution in [2.75, 3.05) is 19.7 Å². The monoisotopic (exact) mass is 449 g/mol. The maximum atomic E-state index is 13.8. The molecule has 3 rings (SSSR count). The minimum Gasteiger partial charge on any atom is -0.627 e. The van der Waals surface area contributed by atoms with Crippen molar-refractivity contribution in [2.45, 2.75) is 92.3 Å². The fourth-order valence-electron chi connectivity index (χ4n) is 4.60. The predicted octanol–water partition coefficient (Wildman–Crippen LogP) is 6.67. The molecule has 174 valence electrons. The lowest BCUT2D eigenvalue weighted by atomic mass is 9.76. The standard InChI is InChI=1S/C25H39NO4S/c1-8-29-23(27)21(30-24(3,4)5)19-17(2)31-22(26(28)15-9-10-16-26)20(19)18-11-13-25(6,7)14-12-18/h11,21H,8-10,12-16H2,1-7H3. The first-order valence-electron chi connectivity index (χ1n) is 11.6. The molecule has 2 heterocycles. The van der Waals surface area contributed by atoms with Crippen molar-refractivity contribution in [1.29, 1.82) is 0 Å². The first-order valence-corrected chi connectivity index (χ1v) is 12.4. The van der Waals surface area contributed by atoms with Gasteiger partial charge in [0, 0.05) is 23.3 Å². The summed E-state index contributed by atoms with van der Waals surface area (Å²) in [5.74, 6) is -0.373. The lowest BCUT2D eigenvalue weighted by Crippen LogP contribution is -2.39. The van der Waals surface area contributed by atoms with Gasteiger partial charge in [0.1, 0.15) is 0 Å². The molecule has 1 aliphatic heterocycles. The molecular weight excluding hydrogens is 410 g/mol. The second kappa shape index (κ2) is 8.97. The van der Waals surface area contributed by atoms with Crippen molar-refractivity contribution in [2.24, 2.45) is 5.41 Å². The Morgan fingerprint density at radius 2 is 1.94 bits per heavy atom. The molecule has 0 aromatic carbocycles.